The Labute approximate surface area is 91.7 Å². The zero-order valence-electron chi connectivity index (χ0n) is 9.79. The van der Waals surface area contributed by atoms with E-state index in [4.69, 9.17) is 14.2 Å². The van der Waals surface area contributed by atoms with Crippen LogP contribution in [0.2, 0.25) is 0 Å². The maximum Gasteiger partial charge on any atom is 0.163 e. The average molecular weight is 208 g/mol. The number of hydrogen-bond donors (Lipinski definition) is 0. The maximum atomic E-state index is 5.34. The molecule has 0 spiro atoms. The summed E-state index contributed by atoms with van der Waals surface area (Å²) in [6.45, 7) is 0.683. The fourth-order valence-corrected chi connectivity index (χ4v) is 1.59. The lowest BCUT2D eigenvalue weighted by molar-refractivity contribution is 0.201. The summed E-state index contributed by atoms with van der Waals surface area (Å²) in [4.78, 5) is 0. The van der Waals surface area contributed by atoms with E-state index in [1.807, 2.05) is 13.9 Å². The van der Waals surface area contributed by atoms with Gasteiger partial charge < -0.3 is 14.2 Å². The molecule has 0 aliphatic heterocycles. The lowest BCUT2D eigenvalue weighted by atomic mass is 9.92. The fourth-order valence-electron chi connectivity index (χ4n) is 1.59. The van der Waals surface area contributed by atoms with E-state index in [1.165, 1.54) is 5.46 Å². The van der Waals surface area contributed by atoms with E-state index >= 15 is 0 Å². The molecular weight excluding hydrogens is 191 g/mol. The van der Waals surface area contributed by atoms with Crippen LogP contribution in [0.25, 0.3) is 0 Å². The first kappa shape index (κ1) is 11.9. The van der Waals surface area contributed by atoms with Gasteiger partial charge >= 0.3 is 0 Å². The monoisotopic (exact) mass is 208 g/mol. The van der Waals surface area contributed by atoms with E-state index in [-0.39, 0.29) is 0 Å². The Morgan fingerprint density at radius 3 is 2.40 bits per heavy atom. The van der Waals surface area contributed by atoms with Crippen LogP contribution >= 0.6 is 0 Å². The van der Waals surface area contributed by atoms with Crippen LogP contribution in [0.4, 0.5) is 0 Å². The first-order valence-electron chi connectivity index (χ1n) is 4.93. The molecule has 1 aromatic carbocycles. The predicted molar refractivity (Wildman–Crippen MR) is 63.3 cm³/mol. The Morgan fingerprint density at radius 2 is 1.87 bits per heavy atom. The number of hydrogen-bond acceptors (Lipinski definition) is 3. The van der Waals surface area contributed by atoms with Gasteiger partial charge in [0.05, 0.1) is 20.8 Å². The van der Waals surface area contributed by atoms with Crippen molar-refractivity contribution in [3.8, 4) is 11.5 Å². The smallest absolute Gasteiger partial charge is 0.163 e. The van der Waals surface area contributed by atoms with E-state index in [9.17, 15) is 0 Å². The average Bonchev–Trinajstić information content (AvgIpc) is 2.25. The molecule has 1 aromatic rings. The quantitative estimate of drug-likeness (QED) is 0.644. The van der Waals surface area contributed by atoms with E-state index in [0.29, 0.717) is 6.61 Å². The summed E-state index contributed by atoms with van der Waals surface area (Å²) in [7, 11) is 7.04. The summed E-state index contributed by atoms with van der Waals surface area (Å²) in [5, 5.41) is 0. The largest absolute Gasteiger partial charge is 0.493 e. The molecular formula is C11H17BO3. The molecule has 0 heterocycles. The Bertz CT molecular complexity index is 326. The van der Waals surface area contributed by atoms with Gasteiger partial charge in [-0.05, 0) is 18.1 Å². The van der Waals surface area contributed by atoms with Gasteiger partial charge in [-0.15, -0.1) is 0 Å². The topological polar surface area (TPSA) is 27.7 Å². The summed E-state index contributed by atoms with van der Waals surface area (Å²) in [6, 6.07) is 4.06. The van der Waals surface area contributed by atoms with E-state index < -0.39 is 0 Å². The summed E-state index contributed by atoms with van der Waals surface area (Å²) in [5.41, 5.74) is 2.29. The molecule has 82 valence electrons. The van der Waals surface area contributed by atoms with Crippen LogP contribution < -0.4 is 14.9 Å². The van der Waals surface area contributed by atoms with Gasteiger partial charge in [-0.25, -0.2) is 0 Å². The van der Waals surface area contributed by atoms with Crippen LogP contribution in [-0.4, -0.2) is 35.8 Å². The zero-order valence-corrected chi connectivity index (χ0v) is 9.79. The molecule has 0 N–H and O–H groups in total. The normalized spacial score (nSPS) is 10.1. The molecule has 1 rings (SSSR count). The third-order valence-corrected chi connectivity index (χ3v) is 2.28. The maximum absolute atomic E-state index is 5.34. The third-order valence-electron chi connectivity index (χ3n) is 2.28. The minimum Gasteiger partial charge on any atom is -0.493 e. The highest BCUT2D eigenvalue weighted by molar-refractivity contribution is 6.32. The molecule has 0 aliphatic carbocycles. The second-order valence-electron chi connectivity index (χ2n) is 3.40. The molecule has 0 fully saturated rings. The van der Waals surface area contributed by atoms with E-state index in [2.05, 4.69) is 6.07 Å². The van der Waals surface area contributed by atoms with Crippen LogP contribution in [0.3, 0.4) is 0 Å². The van der Waals surface area contributed by atoms with Crippen LogP contribution in [0, 0.1) is 0 Å². The van der Waals surface area contributed by atoms with Crippen LogP contribution in [0.1, 0.15) is 5.56 Å². The molecule has 0 saturated heterocycles. The van der Waals surface area contributed by atoms with Gasteiger partial charge in [-0.3, -0.25) is 0 Å². The summed E-state index contributed by atoms with van der Waals surface area (Å²) < 4.78 is 15.7. The van der Waals surface area contributed by atoms with Crippen molar-refractivity contribution >= 4 is 13.3 Å². The first-order chi connectivity index (χ1) is 7.22. The Morgan fingerprint density at radius 1 is 1.13 bits per heavy atom. The number of methoxy groups -OCH3 is 3. The standard InChI is InChI=1S/C11H17BO3/c1-13-5-4-8-6-9(12)7-10(14-2)11(8)15-3/h6-7H,4-5,12H2,1-3H3. The SMILES string of the molecule is Bc1cc(CCOC)c(OC)c(OC)c1. The van der Waals surface area contributed by atoms with Crippen molar-refractivity contribution in [3.05, 3.63) is 17.7 Å². The van der Waals surface area contributed by atoms with Gasteiger partial charge in [-0.1, -0.05) is 11.5 Å². The van der Waals surface area contributed by atoms with Gasteiger partial charge in [0.25, 0.3) is 0 Å². The highest BCUT2D eigenvalue weighted by Crippen LogP contribution is 2.29. The number of rotatable bonds is 5. The van der Waals surface area contributed by atoms with Crippen molar-refractivity contribution in [1.82, 2.24) is 0 Å². The molecule has 4 heteroatoms. The Kier molecular flexibility index (Phi) is 4.50. The highest BCUT2D eigenvalue weighted by atomic mass is 16.5. The summed E-state index contributed by atoms with van der Waals surface area (Å²) in [6.07, 6.45) is 0.831. The lowest BCUT2D eigenvalue weighted by Gasteiger charge is -2.13. The summed E-state index contributed by atoms with van der Waals surface area (Å²) in [5.74, 6) is 1.59. The molecule has 0 aromatic heterocycles. The molecule has 0 unspecified atom stereocenters. The highest BCUT2D eigenvalue weighted by Gasteiger charge is 2.10. The summed E-state index contributed by atoms with van der Waals surface area (Å²) >= 11 is 0. The predicted octanol–water partition coefficient (Wildman–Crippen LogP) is 0.151. The van der Waals surface area contributed by atoms with Crippen LogP contribution in [-0.2, 0) is 11.2 Å². The zero-order chi connectivity index (χ0) is 11.3. The van der Waals surface area contributed by atoms with Crippen molar-refractivity contribution in [2.45, 2.75) is 6.42 Å². The molecule has 0 amide bonds. The molecule has 0 radical (unpaired) electrons. The fraction of sp³-hybridized carbons (Fsp3) is 0.455. The first-order valence-corrected chi connectivity index (χ1v) is 4.93. The van der Waals surface area contributed by atoms with Crippen molar-refractivity contribution in [2.24, 2.45) is 0 Å². The van der Waals surface area contributed by atoms with Crippen LogP contribution in [0.5, 0.6) is 11.5 Å². The number of benzene rings is 1. The minimum absolute atomic E-state index is 0.683. The molecule has 0 aliphatic rings. The van der Waals surface area contributed by atoms with Gasteiger partial charge in [-0.2, -0.15) is 0 Å². The number of ether oxygens (including phenoxy) is 3. The lowest BCUT2D eigenvalue weighted by Crippen LogP contribution is -2.09. The van der Waals surface area contributed by atoms with Gasteiger partial charge in [0, 0.05) is 7.11 Å². The molecule has 0 atom stereocenters. The second kappa shape index (κ2) is 5.66. The molecule has 0 bridgehead atoms. The van der Waals surface area contributed by atoms with Crippen molar-refractivity contribution < 1.29 is 14.2 Å². The van der Waals surface area contributed by atoms with E-state index in [1.54, 1.807) is 21.3 Å². The minimum atomic E-state index is 0.683. The van der Waals surface area contributed by atoms with Crippen molar-refractivity contribution in [2.75, 3.05) is 27.9 Å². The molecule has 3 nitrogen and oxygen atoms in total. The Hall–Kier alpha value is -1.16. The second-order valence-corrected chi connectivity index (χ2v) is 3.40. The van der Waals surface area contributed by atoms with Gasteiger partial charge in [0.15, 0.2) is 11.5 Å². The molecule has 0 saturated carbocycles. The van der Waals surface area contributed by atoms with Gasteiger partial charge in [0.1, 0.15) is 7.85 Å². The van der Waals surface area contributed by atoms with Crippen LogP contribution in [0.15, 0.2) is 12.1 Å². The van der Waals surface area contributed by atoms with Gasteiger partial charge in [0.2, 0.25) is 0 Å². The van der Waals surface area contributed by atoms with Crippen molar-refractivity contribution in [3.63, 3.8) is 0 Å². The van der Waals surface area contributed by atoms with E-state index in [0.717, 1.165) is 23.5 Å². The Balaban J connectivity index is 3.05. The van der Waals surface area contributed by atoms with Crippen molar-refractivity contribution in [1.29, 1.82) is 0 Å². The third kappa shape index (κ3) is 2.89. The molecule has 15 heavy (non-hydrogen) atoms.